The molecule has 1 aliphatic rings. The Morgan fingerprint density at radius 2 is 1.94 bits per heavy atom. The summed E-state index contributed by atoms with van der Waals surface area (Å²) in [6, 6.07) is 3.82. The average molecular weight is 347 g/mol. The third-order valence-corrected chi connectivity index (χ3v) is 4.27. The van der Waals surface area contributed by atoms with Gasteiger partial charge in [-0.25, -0.2) is 4.39 Å². The molecule has 1 aliphatic heterocycles. The van der Waals surface area contributed by atoms with E-state index in [1.165, 1.54) is 11.1 Å². The van der Waals surface area contributed by atoms with Crippen LogP contribution in [0.5, 0.6) is 0 Å². The highest BCUT2D eigenvalue weighted by molar-refractivity contribution is 14.1. The third kappa shape index (κ3) is 2.81. The lowest BCUT2D eigenvalue weighted by molar-refractivity contribution is 0.256. The molecule has 1 heterocycles. The number of benzene rings is 1. The quantitative estimate of drug-likeness (QED) is 0.443. The summed E-state index contributed by atoms with van der Waals surface area (Å²) in [5, 5.41) is 0. The van der Waals surface area contributed by atoms with Gasteiger partial charge in [0.2, 0.25) is 0 Å². The number of alkyl halides is 1. The van der Waals surface area contributed by atoms with Crippen LogP contribution in [0.25, 0.3) is 0 Å². The Morgan fingerprint density at radius 1 is 1.24 bits per heavy atom. The van der Waals surface area contributed by atoms with Crippen molar-refractivity contribution < 1.29 is 4.39 Å². The summed E-state index contributed by atoms with van der Waals surface area (Å²) in [4.78, 5) is 2.39. The second kappa shape index (κ2) is 5.22. The van der Waals surface area contributed by atoms with E-state index < -0.39 is 0 Å². The standard InChI is InChI=1S/C14H19FIN/c1-9(2)13-6-11-4-5-17(10(3)16)8-12(11)7-14(13)15/h6-7,9-10H,4-5,8H2,1-3H3/t10-/m1/s1. The molecule has 0 bridgehead atoms. The second-order valence-corrected chi connectivity index (χ2v) is 6.89. The SMILES string of the molecule is CC(C)c1cc2c(cc1F)CN([C@H](C)I)CC2. The largest absolute Gasteiger partial charge is 0.287 e. The van der Waals surface area contributed by atoms with E-state index in [4.69, 9.17) is 0 Å². The van der Waals surface area contributed by atoms with Gasteiger partial charge >= 0.3 is 0 Å². The number of rotatable bonds is 2. The molecule has 3 heteroatoms. The summed E-state index contributed by atoms with van der Waals surface area (Å²) in [5.74, 6) is 0.225. The van der Waals surface area contributed by atoms with E-state index in [2.05, 4.69) is 40.5 Å². The molecule has 0 fully saturated rings. The fraction of sp³-hybridized carbons (Fsp3) is 0.571. The maximum absolute atomic E-state index is 13.9. The van der Waals surface area contributed by atoms with Crippen molar-refractivity contribution in [2.24, 2.45) is 0 Å². The van der Waals surface area contributed by atoms with E-state index >= 15 is 0 Å². The third-order valence-electron chi connectivity index (χ3n) is 3.49. The van der Waals surface area contributed by atoms with Crippen molar-refractivity contribution in [3.05, 3.63) is 34.6 Å². The highest BCUT2D eigenvalue weighted by Crippen LogP contribution is 2.28. The molecule has 0 N–H and O–H groups in total. The summed E-state index contributed by atoms with van der Waals surface area (Å²) < 4.78 is 14.4. The van der Waals surface area contributed by atoms with Crippen molar-refractivity contribution in [2.45, 2.75) is 43.7 Å². The first kappa shape index (κ1) is 13.3. The molecule has 17 heavy (non-hydrogen) atoms. The topological polar surface area (TPSA) is 3.24 Å². The monoisotopic (exact) mass is 347 g/mol. The van der Waals surface area contributed by atoms with Gasteiger partial charge in [-0.2, -0.15) is 0 Å². The Balaban J connectivity index is 2.32. The van der Waals surface area contributed by atoms with Gasteiger partial charge in [-0.15, -0.1) is 0 Å². The predicted molar refractivity (Wildman–Crippen MR) is 78.1 cm³/mol. The first-order valence-electron chi connectivity index (χ1n) is 6.18. The molecular weight excluding hydrogens is 328 g/mol. The Morgan fingerprint density at radius 3 is 2.53 bits per heavy atom. The van der Waals surface area contributed by atoms with Gasteiger partial charge in [0.25, 0.3) is 0 Å². The Kier molecular flexibility index (Phi) is 4.08. The molecule has 0 saturated carbocycles. The smallest absolute Gasteiger partial charge is 0.126 e. The minimum atomic E-state index is -0.0401. The van der Waals surface area contributed by atoms with Gasteiger partial charge < -0.3 is 0 Å². The van der Waals surface area contributed by atoms with E-state index in [0.29, 0.717) is 4.05 Å². The lowest BCUT2D eigenvalue weighted by Gasteiger charge is -2.31. The van der Waals surface area contributed by atoms with Crippen LogP contribution >= 0.6 is 22.6 Å². The lowest BCUT2D eigenvalue weighted by Crippen LogP contribution is -2.34. The summed E-state index contributed by atoms with van der Waals surface area (Å²) in [7, 11) is 0. The van der Waals surface area contributed by atoms with E-state index in [9.17, 15) is 4.39 Å². The van der Waals surface area contributed by atoms with Crippen molar-refractivity contribution in [3.8, 4) is 0 Å². The van der Waals surface area contributed by atoms with E-state index in [-0.39, 0.29) is 11.7 Å². The molecule has 94 valence electrons. The van der Waals surface area contributed by atoms with Gasteiger partial charge in [-0.05, 0) is 42.0 Å². The summed E-state index contributed by atoms with van der Waals surface area (Å²) in [5.41, 5.74) is 3.37. The van der Waals surface area contributed by atoms with Crippen molar-refractivity contribution in [2.75, 3.05) is 6.54 Å². The van der Waals surface area contributed by atoms with Crippen LogP contribution in [-0.2, 0) is 13.0 Å². The number of hydrogen-bond acceptors (Lipinski definition) is 1. The minimum Gasteiger partial charge on any atom is -0.287 e. The average Bonchev–Trinajstić information content (AvgIpc) is 2.26. The molecule has 1 aromatic rings. The highest BCUT2D eigenvalue weighted by Gasteiger charge is 2.21. The fourth-order valence-electron chi connectivity index (χ4n) is 2.37. The Labute approximate surface area is 117 Å². The molecule has 0 saturated heterocycles. The normalized spacial score (nSPS) is 18.2. The molecule has 0 aliphatic carbocycles. The van der Waals surface area contributed by atoms with Crippen LogP contribution in [0.2, 0.25) is 0 Å². The number of fused-ring (bicyclic) bond motifs is 1. The van der Waals surface area contributed by atoms with E-state index in [1.807, 2.05) is 13.8 Å². The number of hydrogen-bond donors (Lipinski definition) is 0. The molecule has 2 rings (SSSR count). The van der Waals surface area contributed by atoms with Crippen LogP contribution in [0, 0.1) is 5.82 Å². The molecule has 0 spiro atoms. The summed E-state index contributed by atoms with van der Waals surface area (Å²) in [6.45, 7) is 8.25. The molecule has 1 aromatic carbocycles. The van der Waals surface area contributed by atoms with Crippen molar-refractivity contribution >= 4 is 22.6 Å². The first-order valence-corrected chi connectivity index (χ1v) is 7.43. The Bertz CT molecular complexity index is 415. The van der Waals surface area contributed by atoms with Gasteiger partial charge in [0, 0.05) is 13.1 Å². The zero-order valence-electron chi connectivity index (χ0n) is 10.6. The summed E-state index contributed by atoms with van der Waals surface area (Å²) >= 11 is 2.42. The predicted octanol–water partition coefficient (Wildman–Crippen LogP) is 4.09. The van der Waals surface area contributed by atoms with Crippen LogP contribution in [0.15, 0.2) is 12.1 Å². The Hall–Kier alpha value is -0.160. The molecule has 1 nitrogen and oxygen atoms in total. The molecule has 0 radical (unpaired) electrons. The number of halogens is 2. The van der Waals surface area contributed by atoms with Gasteiger partial charge in [-0.3, -0.25) is 4.90 Å². The fourth-order valence-corrected chi connectivity index (χ4v) is 2.84. The lowest BCUT2D eigenvalue weighted by atomic mass is 9.93. The maximum atomic E-state index is 13.9. The van der Waals surface area contributed by atoms with Crippen LogP contribution in [0.4, 0.5) is 4.39 Å². The second-order valence-electron chi connectivity index (χ2n) is 5.09. The van der Waals surface area contributed by atoms with Crippen LogP contribution < -0.4 is 0 Å². The molecule has 1 atom stereocenters. The first-order chi connectivity index (χ1) is 7.99. The van der Waals surface area contributed by atoms with Crippen LogP contribution in [0.1, 0.15) is 43.4 Å². The molecular formula is C14H19FIN. The van der Waals surface area contributed by atoms with E-state index in [1.54, 1.807) is 6.07 Å². The van der Waals surface area contributed by atoms with Crippen LogP contribution in [-0.4, -0.2) is 15.5 Å². The minimum absolute atomic E-state index is 0.0401. The van der Waals surface area contributed by atoms with E-state index in [0.717, 1.165) is 25.1 Å². The van der Waals surface area contributed by atoms with Crippen molar-refractivity contribution in [1.82, 2.24) is 4.90 Å². The maximum Gasteiger partial charge on any atom is 0.126 e. The van der Waals surface area contributed by atoms with Gasteiger partial charge in [0.1, 0.15) is 5.82 Å². The van der Waals surface area contributed by atoms with Crippen LogP contribution in [0.3, 0.4) is 0 Å². The van der Waals surface area contributed by atoms with Gasteiger partial charge in [-0.1, -0.05) is 42.5 Å². The zero-order valence-corrected chi connectivity index (χ0v) is 12.8. The zero-order chi connectivity index (χ0) is 12.6. The van der Waals surface area contributed by atoms with Gasteiger partial charge in [0.05, 0.1) is 4.05 Å². The van der Waals surface area contributed by atoms with Gasteiger partial charge in [0.15, 0.2) is 0 Å². The molecule has 0 amide bonds. The summed E-state index contributed by atoms with van der Waals surface area (Å²) in [6.07, 6.45) is 1.04. The van der Waals surface area contributed by atoms with Crippen molar-refractivity contribution in [3.63, 3.8) is 0 Å². The van der Waals surface area contributed by atoms with Crippen molar-refractivity contribution in [1.29, 1.82) is 0 Å². The molecule has 0 unspecified atom stereocenters. The molecule has 0 aromatic heterocycles. The highest BCUT2D eigenvalue weighted by atomic mass is 127. The number of nitrogens with zero attached hydrogens (tertiary/aromatic N) is 1.